The van der Waals surface area contributed by atoms with Crippen LogP contribution in [-0.2, 0) is 0 Å². The number of rotatable bonds is 2. The molecule has 1 aromatic heterocycles. The first-order valence-corrected chi connectivity index (χ1v) is 6.98. The second-order valence-corrected chi connectivity index (χ2v) is 4.83. The maximum atomic E-state index is 12.6. The number of aliphatic imine (C=N–C) groups is 1. The van der Waals surface area contributed by atoms with E-state index >= 15 is 0 Å². The topological polar surface area (TPSA) is 110 Å². The van der Waals surface area contributed by atoms with Gasteiger partial charge >= 0.3 is 0 Å². The zero-order valence-corrected chi connectivity index (χ0v) is 12.1. The molecule has 0 aliphatic carbocycles. The summed E-state index contributed by atoms with van der Waals surface area (Å²) in [4.78, 5) is 20.6. The van der Waals surface area contributed by atoms with Crippen LogP contribution < -0.4 is 10.6 Å². The lowest BCUT2D eigenvalue weighted by atomic mass is 9.97. The predicted molar refractivity (Wildman–Crippen MR) is 83.8 cm³/mol. The lowest BCUT2D eigenvalue weighted by molar-refractivity contribution is 0.0974. The Morgan fingerprint density at radius 3 is 2.78 bits per heavy atom. The highest BCUT2D eigenvalue weighted by molar-refractivity contribution is 6.11. The van der Waals surface area contributed by atoms with Gasteiger partial charge in [-0.05, 0) is 5.56 Å². The zero-order chi connectivity index (χ0) is 16.2. The van der Waals surface area contributed by atoms with Crippen LogP contribution in [0.3, 0.4) is 0 Å². The summed E-state index contributed by atoms with van der Waals surface area (Å²) in [7, 11) is 0. The Hall–Kier alpha value is -3.40. The monoisotopic (exact) mass is 307 g/mol. The minimum atomic E-state index is -0.548. The molecule has 0 fully saturated rings. The lowest BCUT2D eigenvalue weighted by Gasteiger charge is -2.13. The van der Waals surface area contributed by atoms with Crippen LogP contribution in [0, 0.1) is 11.3 Å². The summed E-state index contributed by atoms with van der Waals surface area (Å²) in [6.07, 6.45) is 1.10. The molecule has 2 aromatic rings. The van der Waals surface area contributed by atoms with Crippen LogP contribution >= 0.6 is 0 Å². The third-order valence-corrected chi connectivity index (χ3v) is 3.36. The first-order chi connectivity index (χ1) is 11.2. The first-order valence-electron chi connectivity index (χ1n) is 6.98. The minimum absolute atomic E-state index is 0.000787. The fourth-order valence-electron chi connectivity index (χ4n) is 2.35. The van der Waals surface area contributed by atoms with Gasteiger partial charge in [-0.2, -0.15) is 5.26 Å². The van der Waals surface area contributed by atoms with Gasteiger partial charge in [-0.1, -0.05) is 30.3 Å². The molecule has 0 saturated carbocycles. The molecule has 0 bridgehead atoms. The number of benzene rings is 1. The Kier molecular flexibility index (Phi) is 3.89. The molecular weight excluding hydrogens is 294 g/mol. The average Bonchev–Trinajstić information content (AvgIpc) is 3.08. The van der Waals surface area contributed by atoms with E-state index in [2.05, 4.69) is 20.6 Å². The number of guanidine groups is 1. The predicted octanol–water partition coefficient (Wildman–Crippen LogP) is 1.01. The quantitative estimate of drug-likeness (QED) is 0.767. The molecule has 3 rings (SSSR count). The molecule has 1 aliphatic rings. The Morgan fingerprint density at radius 1 is 1.35 bits per heavy atom. The number of nitrogens with zero attached hydrogens (tertiary/aromatic N) is 3. The van der Waals surface area contributed by atoms with Crippen molar-refractivity contribution in [1.82, 2.24) is 15.6 Å². The Bertz CT molecular complexity index is 824. The SMILES string of the molecule is N#Cc1ncc(O)c(C(=O)NC2=NCCN2)c1-c1ccccc1. The summed E-state index contributed by atoms with van der Waals surface area (Å²) in [5.74, 6) is -0.490. The van der Waals surface area contributed by atoms with Crippen LogP contribution in [0.4, 0.5) is 0 Å². The second-order valence-electron chi connectivity index (χ2n) is 4.83. The van der Waals surface area contributed by atoms with Crippen molar-refractivity contribution in [3.05, 3.63) is 47.8 Å². The summed E-state index contributed by atoms with van der Waals surface area (Å²) in [6.45, 7) is 1.22. The molecule has 3 N–H and O–H groups in total. The summed E-state index contributed by atoms with van der Waals surface area (Å²) in [6, 6.07) is 10.8. The van der Waals surface area contributed by atoms with E-state index in [-0.39, 0.29) is 17.0 Å². The highest BCUT2D eigenvalue weighted by Crippen LogP contribution is 2.31. The number of nitrogens with one attached hydrogen (secondary N) is 2. The normalized spacial score (nSPS) is 12.9. The maximum absolute atomic E-state index is 12.6. The molecule has 1 aliphatic heterocycles. The van der Waals surface area contributed by atoms with Crippen molar-refractivity contribution in [3.63, 3.8) is 0 Å². The molecule has 2 heterocycles. The van der Waals surface area contributed by atoms with E-state index in [9.17, 15) is 15.2 Å². The van der Waals surface area contributed by atoms with Crippen LogP contribution in [0.2, 0.25) is 0 Å². The van der Waals surface area contributed by atoms with Gasteiger partial charge < -0.3 is 10.4 Å². The van der Waals surface area contributed by atoms with Gasteiger partial charge in [0.05, 0.1) is 18.3 Å². The van der Waals surface area contributed by atoms with Gasteiger partial charge in [0.1, 0.15) is 17.5 Å². The smallest absolute Gasteiger partial charge is 0.262 e. The van der Waals surface area contributed by atoms with E-state index in [0.717, 1.165) is 6.20 Å². The van der Waals surface area contributed by atoms with Crippen LogP contribution in [0.25, 0.3) is 11.1 Å². The maximum Gasteiger partial charge on any atom is 0.262 e. The van der Waals surface area contributed by atoms with Gasteiger partial charge in [-0.3, -0.25) is 15.1 Å². The van der Waals surface area contributed by atoms with Crippen molar-refractivity contribution in [1.29, 1.82) is 5.26 Å². The van der Waals surface area contributed by atoms with Crippen LogP contribution in [-0.4, -0.2) is 35.0 Å². The summed E-state index contributed by atoms with van der Waals surface area (Å²) < 4.78 is 0. The second kappa shape index (κ2) is 6.15. The summed E-state index contributed by atoms with van der Waals surface area (Å²) in [5.41, 5.74) is 0.989. The molecule has 1 aromatic carbocycles. The largest absolute Gasteiger partial charge is 0.505 e. The van der Waals surface area contributed by atoms with Gasteiger partial charge in [-0.15, -0.1) is 0 Å². The first kappa shape index (κ1) is 14.5. The highest BCUT2D eigenvalue weighted by atomic mass is 16.3. The molecule has 0 radical (unpaired) electrons. The molecule has 7 nitrogen and oxygen atoms in total. The number of pyridine rings is 1. The van der Waals surface area contributed by atoms with Crippen LogP contribution in [0.1, 0.15) is 16.1 Å². The molecule has 23 heavy (non-hydrogen) atoms. The minimum Gasteiger partial charge on any atom is -0.505 e. The fourth-order valence-corrected chi connectivity index (χ4v) is 2.35. The Morgan fingerprint density at radius 2 is 2.13 bits per heavy atom. The van der Waals surface area contributed by atoms with Crippen molar-refractivity contribution >= 4 is 11.9 Å². The van der Waals surface area contributed by atoms with E-state index in [0.29, 0.717) is 30.2 Å². The number of amides is 1. The molecular formula is C16H13N5O2. The number of nitriles is 1. The van der Waals surface area contributed by atoms with Crippen molar-refractivity contribution in [2.75, 3.05) is 13.1 Å². The van der Waals surface area contributed by atoms with Crippen molar-refractivity contribution in [3.8, 4) is 22.9 Å². The molecule has 114 valence electrons. The highest BCUT2D eigenvalue weighted by Gasteiger charge is 2.23. The molecule has 0 unspecified atom stereocenters. The van der Waals surface area contributed by atoms with Crippen LogP contribution in [0.15, 0.2) is 41.5 Å². The number of carbonyl (C=O) groups is 1. The fraction of sp³-hybridized carbons (Fsp3) is 0.125. The summed E-state index contributed by atoms with van der Waals surface area (Å²) in [5, 5.41) is 24.9. The zero-order valence-electron chi connectivity index (χ0n) is 12.1. The van der Waals surface area contributed by atoms with Crippen molar-refractivity contribution < 1.29 is 9.90 Å². The van der Waals surface area contributed by atoms with Gasteiger partial charge in [0, 0.05) is 12.1 Å². The van der Waals surface area contributed by atoms with Gasteiger partial charge in [0.15, 0.2) is 5.96 Å². The van der Waals surface area contributed by atoms with Crippen molar-refractivity contribution in [2.45, 2.75) is 0 Å². The molecule has 0 spiro atoms. The summed E-state index contributed by atoms with van der Waals surface area (Å²) >= 11 is 0. The molecule has 1 amide bonds. The van der Waals surface area contributed by atoms with Crippen LogP contribution in [0.5, 0.6) is 5.75 Å². The third-order valence-electron chi connectivity index (χ3n) is 3.36. The number of aromatic hydroxyl groups is 1. The third kappa shape index (κ3) is 2.82. The van der Waals surface area contributed by atoms with Gasteiger partial charge in [0.2, 0.25) is 0 Å². The molecule has 0 saturated heterocycles. The number of aromatic nitrogens is 1. The van der Waals surface area contributed by atoms with Gasteiger partial charge in [0.25, 0.3) is 5.91 Å². The Labute approximate surface area is 132 Å². The number of carbonyl (C=O) groups excluding carboxylic acids is 1. The van der Waals surface area contributed by atoms with E-state index in [1.165, 1.54) is 0 Å². The number of hydrogen-bond acceptors (Lipinski definition) is 6. The Balaban J connectivity index is 2.11. The van der Waals surface area contributed by atoms with Gasteiger partial charge in [-0.25, -0.2) is 4.98 Å². The van der Waals surface area contributed by atoms with E-state index in [4.69, 9.17) is 0 Å². The van der Waals surface area contributed by atoms with E-state index in [1.54, 1.807) is 24.3 Å². The average molecular weight is 307 g/mol. The van der Waals surface area contributed by atoms with Crippen molar-refractivity contribution in [2.24, 2.45) is 4.99 Å². The molecule has 0 atom stereocenters. The lowest BCUT2D eigenvalue weighted by Crippen LogP contribution is -2.38. The van der Waals surface area contributed by atoms with E-state index in [1.807, 2.05) is 12.1 Å². The van der Waals surface area contributed by atoms with E-state index < -0.39 is 5.91 Å². The standard InChI is InChI=1S/C16H13N5O2/c17-8-11-13(10-4-2-1-3-5-10)14(12(22)9-20-11)15(23)21-16-18-6-7-19-16/h1-5,9,22H,6-7H2,(H2,18,19,21,23). The number of hydrogen-bond donors (Lipinski definition) is 3. The molecule has 7 heteroatoms.